The molecular formula is C12H28N2O. The van der Waals surface area contributed by atoms with Crippen LogP contribution in [0.25, 0.3) is 0 Å². The fourth-order valence-electron chi connectivity index (χ4n) is 1.71. The lowest BCUT2D eigenvalue weighted by Gasteiger charge is -2.31. The first kappa shape index (κ1) is 14.9. The van der Waals surface area contributed by atoms with E-state index in [9.17, 15) is 0 Å². The van der Waals surface area contributed by atoms with Gasteiger partial charge in [-0.3, -0.25) is 0 Å². The van der Waals surface area contributed by atoms with Gasteiger partial charge in [0.25, 0.3) is 0 Å². The summed E-state index contributed by atoms with van der Waals surface area (Å²) in [4.78, 5) is 4.76. The molecule has 1 fully saturated rings. The van der Waals surface area contributed by atoms with E-state index in [0.717, 1.165) is 6.54 Å². The molecule has 1 saturated heterocycles. The van der Waals surface area contributed by atoms with Crippen molar-refractivity contribution < 1.29 is 4.74 Å². The van der Waals surface area contributed by atoms with Crippen molar-refractivity contribution in [2.45, 2.75) is 32.8 Å². The van der Waals surface area contributed by atoms with Gasteiger partial charge in [-0.15, -0.1) is 0 Å². The Hall–Kier alpha value is -0.120. The number of piperidine rings is 1. The lowest BCUT2D eigenvalue weighted by Crippen LogP contribution is -2.40. The Labute approximate surface area is 95.4 Å². The van der Waals surface area contributed by atoms with Crippen LogP contribution in [-0.4, -0.2) is 63.3 Å². The molecule has 3 nitrogen and oxygen atoms in total. The van der Waals surface area contributed by atoms with Crippen LogP contribution in [0, 0.1) is 0 Å². The summed E-state index contributed by atoms with van der Waals surface area (Å²) in [6.07, 6.45) is 2.91. The zero-order valence-electron chi connectivity index (χ0n) is 11.1. The first-order chi connectivity index (χ1) is 7.22. The maximum absolute atomic E-state index is 5.33. The molecule has 0 aromatic rings. The second kappa shape index (κ2) is 9.13. The molecule has 0 bridgehead atoms. The summed E-state index contributed by atoms with van der Waals surface area (Å²) >= 11 is 0. The summed E-state index contributed by atoms with van der Waals surface area (Å²) in [5, 5.41) is 0. The van der Waals surface area contributed by atoms with Gasteiger partial charge in [0.05, 0.1) is 6.10 Å². The van der Waals surface area contributed by atoms with Crippen LogP contribution in [-0.2, 0) is 4.74 Å². The maximum Gasteiger partial charge on any atom is 0.0595 e. The van der Waals surface area contributed by atoms with Crippen LogP contribution < -0.4 is 0 Å². The average molecular weight is 216 g/mol. The van der Waals surface area contributed by atoms with Gasteiger partial charge in [0.1, 0.15) is 0 Å². The molecule has 3 heteroatoms. The van der Waals surface area contributed by atoms with Crippen molar-refractivity contribution in [1.29, 1.82) is 0 Å². The first-order valence-electron chi connectivity index (χ1n) is 6.12. The van der Waals surface area contributed by atoms with Crippen molar-refractivity contribution >= 4 is 0 Å². The van der Waals surface area contributed by atoms with Crippen molar-refractivity contribution in [1.82, 2.24) is 9.80 Å². The quantitative estimate of drug-likeness (QED) is 0.711. The molecule has 0 aromatic heterocycles. The van der Waals surface area contributed by atoms with Crippen LogP contribution in [0.5, 0.6) is 0 Å². The number of methoxy groups -OCH3 is 1. The Bertz CT molecular complexity index is 132. The van der Waals surface area contributed by atoms with Gasteiger partial charge in [-0.25, -0.2) is 0 Å². The van der Waals surface area contributed by atoms with Crippen molar-refractivity contribution in [2.75, 3.05) is 47.4 Å². The van der Waals surface area contributed by atoms with Crippen LogP contribution in [0.2, 0.25) is 0 Å². The number of nitrogens with zero attached hydrogens (tertiary/aromatic N) is 2. The highest BCUT2D eigenvalue weighted by molar-refractivity contribution is 4.72. The molecule has 0 atom stereocenters. The highest BCUT2D eigenvalue weighted by Gasteiger charge is 2.17. The Morgan fingerprint density at radius 3 is 2.13 bits per heavy atom. The van der Waals surface area contributed by atoms with E-state index in [1.807, 2.05) is 21.0 Å². The van der Waals surface area contributed by atoms with Crippen molar-refractivity contribution in [3.63, 3.8) is 0 Å². The second-order valence-corrected chi connectivity index (χ2v) is 4.08. The number of hydrogen-bond donors (Lipinski definition) is 0. The molecule has 0 aliphatic carbocycles. The van der Waals surface area contributed by atoms with Gasteiger partial charge in [0.15, 0.2) is 0 Å². The third-order valence-corrected chi connectivity index (χ3v) is 2.73. The summed E-state index contributed by atoms with van der Waals surface area (Å²) < 4.78 is 5.33. The molecule has 0 aromatic carbocycles. The highest BCUT2D eigenvalue weighted by Crippen LogP contribution is 2.11. The van der Waals surface area contributed by atoms with Crippen molar-refractivity contribution in [3.8, 4) is 0 Å². The highest BCUT2D eigenvalue weighted by atomic mass is 16.5. The van der Waals surface area contributed by atoms with E-state index in [2.05, 4.69) is 23.9 Å². The zero-order valence-corrected chi connectivity index (χ0v) is 11.1. The van der Waals surface area contributed by atoms with Crippen LogP contribution in [0.4, 0.5) is 0 Å². The minimum absolute atomic E-state index is 0.510. The van der Waals surface area contributed by atoms with Crippen molar-refractivity contribution in [3.05, 3.63) is 0 Å². The number of likely N-dealkylation sites (N-methyl/N-ethyl adjacent to an activating group) is 1. The van der Waals surface area contributed by atoms with E-state index >= 15 is 0 Å². The van der Waals surface area contributed by atoms with Crippen LogP contribution in [0.1, 0.15) is 26.7 Å². The molecule has 0 N–H and O–H groups in total. The number of rotatable bonds is 4. The molecule has 0 spiro atoms. The second-order valence-electron chi connectivity index (χ2n) is 4.08. The van der Waals surface area contributed by atoms with E-state index in [1.54, 1.807) is 0 Å². The summed E-state index contributed by atoms with van der Waals surface area (Å²) in [6.45, 7) is 8.76. The number of likely N-dealkylation sites (tertiary alicyclic amines) is 1. The molecule has 0 saturated carbocycles. The topological polar surface area (TPSA) is 15.7 Å². The smallest absolute Gasteiger partial charge is 0.0595 e. The lowest BCUT2D eigenvalue weighted by atomic mass is 10.1. The first-order valence-corrected chi connectivity index (χ1v) is 6.12. The van der Waals surface area contributed by atoms with Gasteiger partial charge in [-0.05, 0) is 26.9 Å². The average Bonchev–Trinajstić information content (AvgIpc) is 2.30. The van der Waals surface area contributed by atoms with Crippen LogP contribution in [0.3, 0.4) is 0 Å². The molecule has 15 heavy (non-hydrogen) atoms. The summed E-state index contributed by atoms with van der Waals surface area (Å²) in [5.74, 6) is 0. The van der Waals surface area contributed by atoms with E-state index in [4.69, 9.17) is 4.74 Å². The van der Waals surface area contributed by atoms with Gasteiger partial charge in [-0.1, -0.05) is 13.8 Å². The third kappa shape index (κ3) is 6.88. The molecule has 1 aliphatic rings. The Balaban J connectivity index is 0.000000921. The predicted octanol–water partition coefficient (Wildman–Crippen LogP) is 1.69. The van der Waals surface area contributed by atoms with E-state index in [0.29, 0.717) is 6.10 Å². The fourth-order valence-corrected chi connectivity index (χ4v) is 1.71. The Morgan fingerprint density at radius 1 is 1.20 bits per heavy atom. The van der Waals surface area contributed by atoms with Crippen molar-refractivity contribution in [2.24, 2.45) is 0 Å². The Morgan fingerprint density at radius 2 is 1.73 bits per heavy atom. The molecule has 1 heterocycles. The van der Waals surface area contributed by atoms with E-state index in [1.165, 1.54) is 32.5 Å². The standard InChI is InChI=1S/C10H22N2O.C2H6/c1-11(2)8-9-12-6-4-10(13-3)5-7-12;1-2/h10H,4-9H2,1-3H3;1-2H3. The predicted molar refractivity (Wildman–Crippen MR) is 66.4 cm³/mol. The molecular weight excluding hydrogens is 188 g/mol. The van der Waals surface area contributed by atoms with Crippen LogP contribution >= 0.6 is 0 Å². The molecule has 0 unspecified atom stereocenters. The van der Waals surface area contributed by atoms with Gasteiger partial charge < -0.3 is 14.5 Å². The molecule has 0 radical (unpaired) electrons. The fraction of sp³-hybridized carbons (Fsp3) is 1.00. The third-order valence-electron chi connectivity index (χ3n) is 2.73. The molecule has 0 amide bonds. The SMILES string of the molecule is CC.COC1CCN(CCN(C)C)CC1. The molecule has 1 aliphatic heterocycles. The largest absolute Gasteiger partial charge is 0.381 e. The molecule has 1 rings (SSSR count). The zero-order chi connectivity index (χ0) is 11.7. The summed E-state index contributed by atoms with van der Waals surface area (Å²) in [5.41, 5.74) is 0. The minimum atomic E-state index is 0.510. The normalized spacial score (nSPS) is 18.8. The summed E-state index contributed by atoms with van der Waals surface area (Å²) in [6, 6.07) is 0. The monoisotopic (exact) mass is 216 g/mol. The van der Waals surface area contributed by atoms with Gasteiger partial charge in [0, 0.05) is 33.3 Å². The molecule has 92 valence electrons. The van der Waals surface area contributed by atoms with E-state index < -0.39 is 0 Å². The van der Waals surface area contributed by atoms with Crippen LogP contribution in [0.15, 0.2) is 0 Å². The number of hydrogen-bond acceptors (Lipinski definition) is 3. The number of ether oxygens (including phenoxy) is 1. The lowest BCUT2D eigenvalue weighted by molar-refractivity contribution is 0.0396. The van der Waals surface area contributed by atoms with Gasteiger partial charge in [0.2, 0.25) is 0 Å². The minimum Gasteiger partial charge on any atom is -0.381 e. The van der Waals surface area contributed by atoms with Gasteiger partial charge in [-0.2, -0.15) is 0 Å². The maximum atomic E-state index is 5.33. The summed E-state index contributed by atoms with van der Waals surface area (Å²) in [7, 11) is 6.07. The van der Waals surface area contributed by atoms with E-state index in [-0.39, 0.29) is 0 Å². The van der Waals surface area contributed by atoms with Gasteiger partial charge >= 0.3 is 0 Å². The Kier molecular flexibility index (Phi) is 9.06.